The van der Waals surface area contributed by atoms with Gasteiger partial charge in [0.15, 0.2) is 11.5 Å². The quantitative estimate of drug-likeness (QED) is 0.659. The number of imidazole rings is 1. The Kier molecular flexibility index (Phi) is 3.63. The van der Waals surface area contributed by atoms with Crippen LogP contribution in [0.3, 0.4) is 0 Å². The van der Waals surface area contributed by atoms with Gasteiger partial charge in [0.2, 0.25) is 0 Å². The zero-order valence-corrected chi connectivity index (χ0v) is 14.3. The lowest BCUT2D eigenvalue weighted by Gasteiger charge is -2.26. The van der Waals surface area contributed by atoms with Crippen molar-refractivity contribution in [2.24, 2.45) is 0 Å². The number of morpholine rings is 1. The zero-order chi connectivity index (χ0) is 17.5. The topological polar surface area (TPSA) is 98.9 Å². The van der Waals surface area contributed by atoms with Crippen LogP contribution in [0.4, 0.5) is 10.5 Å². The number of H-pyrrole nitrogens is 2. The van der Waals surface area contributed by atoms with Crippen LogP contribution in [0.25, 0.3) is 22.6 Å². The van der Waals surface area contributed by atoms with Crippen LogP contribution >= 0.6 is 0 Å². The van der Waals surface area contributed by atoms with Gasteiger partial charge >= 0.3 is 6.03 Å². The third kappa shape index (κ3) is 2.62. The first kappa shape index (κ1) is 15.4. The van der Waals surface area contributed by atoms with E-state index >= 15 is 0 Å². The summed E-state index contributed by atoms with van der Waals surface area (Å²) in [6.45, 7) is 2.32. The van der Waals surface area contributed by atoms with Gasteiger partial charge in [-0.1, -0.05) is 0 Å². The van der Waals surface area contributed by atoms with Gasteiger partial charge in [0.05, 0.1) is 29.9 Å². The van der Waals surface area contributed by atoms with Crippen molar-refractivity contribution in [2.45, 2.75) is 19.3 Å². The number of amides is 2. The molecule has 1 aliphatic carbocycles. The minimum absolute atomic E-state index is 0.147. The van der Waals surface area contributed by atoms with Gasteiger partial charge in [-0.05, 0) is 42.5 Å². The van der Waals surface area contributed by atoms with Gasteiger partial charge in [0, 0.05) is 19.3 Å². The first-order valence-electron chi connectivity index (χ1n) is 8.97. The molecule has 0 atom stereocenters. The Morgan fingerprint density at radius 2 is 2.00 bits per heavy atom. The summed E-state index contributed by atoms with van der Waals surface area (Å²) in [6, 6.07) is 4.20. The second kappa shape index (κ2) is 6.14. The Hall–Kier alpha value is -2.87. The number of ether oxygens (including phenoxy) is 1. The molecular formula is C18H20N6O2. The van der Waals surface area contributed by atoms with Crippen molar-refractivity contribution >= 4 is 22.8 Å². The molecule has 0 radical (unpaired) electrons. The molecule has 1 saturated heterocycles. The number of hydrogen-bond donors (Lipinski definition) is 3. The lowest BCUT2D eigenvalue weighted by atomic mass is 10.1. The van der Waals surface area contributed by atoms with E-state index in [1.54, 1.807) is 11.1 Å². The van der Waals surface area contributed by atoms with Crippen molar-refractivity contribution in [3.8, 4) is 11.5 Å². The lowest BCUT2D eigenvalue weighted by molar-refractivity contribution is 0.0564. The highest BCUT2D eigenvalue weighted by Gasteiger charge is 2.21. The number of hydrogen-bond acceptors (Lipinski definition) is 4. The Morgan fingerprint density at radius 3 is 2.85 bits per heavy atom. The molecule has 26 heavy (non-hydrogen) atoms. The SMILES string of the molecule is O=C(Nc1c[nH]nc1-c1nc2cc3c(cc2[nH]1)CCC3)N1CCOCC1. The Balaban J connectivity index is 1.43. The molecule has 1 fully saturated rings. The van der Waals surface area contributed by atoms with Gasteiger partial charge in [-0.25, -0.2) is 9.78 Å². The standard InChI is InChI=1S/C18H20N6O2/c25-18(24-4-6-26-7-5-24)22-15-10-19-23-16(15)17-20-13-8-11-2-1-3-12(11)9-14(13)21-17/h8-10H,1-7H2,(H,19,23)(H,20,21)(H,22,25). The number of urea groups is 1. The summed E-state index contributed by atoms with van der Waals surface area (Å²) in [5.41, 5.74) is 5.97. The summed E-state index contributed by atoms with van der Waals surface area (Å²) in [5, 5.41) is 10.0. The monoisotopic (exact) mass is 352 g/mol. The minimum atomic E-state index is -0.147. The number of carbonyl (C=O) groups is 1. The second-order valence-electron chi connectivity index (χ2n) is 6.75. The number of carbonyl (C=O) groups excluding carboxylic acids is 1. The minimum Gasteiger partial charge on any atom is -0.378 e. The van der Waals surface area contributed by atoms with E-state index in [1.165, 1.54) is 17.5 Å². The van der Waals surface area contributed by atoms with E-state index in [9.17, 15) is 4.79 Å². The van der Waals surface area contributed by atoms with Gasteiger partial charge in [0.1, 0.15) is 0 Å². The van der Waals surface area contributed by atoms with E-state index in [4.69, 9.17) is 9.72 Å². The maximum atomic E-state index is 12.4. The van der Waals surface area contributed by atoms with Crippen molar-refractivity contribution in [1.82, 2.24) is 25.1 Å². The van der Waals surface area contributed by atoms with Crippen molar-refractivity contribution in [1.29, 1.82) is 0 Å². The highest BCUT2D eigenvalue weighted by molar-refractivity contribution is 5.93. The Labute approximate surface area is 149 Å². The fraction of sp³-hybridized carbons (Fsp3) is 0.389. The molecule has 1 aromatic carbocycles. The molecule has 8 heteroatoms. The van der Waals surface area contributed by atoms with E-state index in [2.05, 4.69) is 32.6 Å². The molecule has 3 heterocycles. The smallest absolute Gasteiger partial charge is 0.322 e. The molecule has 0 unspecified atom stereocenters. The lowest BCUT2D eigenvalue weighted by Crippen LogP contribution is -2.43. The summed E-state index contributed by atoms with van der Waals surface area (Å²) < 4.78 is 5.29. The molecule has 3 N–H and O–H groups in total. The predicted octanol–water partition coefficient (Wildman–Crippen LogP) is 2.31. The van der Waals surface area contributed by atoms with E-state index in [0.717, 1.165) is 23.9 Å². The Morgan fingerprint density at radius 1 is 1.19 bits per heavy atom. The van der Waals surface area contributed by atoms with Crippen LogP contribution in [-0.4, -0.2) is 57.4 Å². The van der Waals surface area contributed by atoms with Gasteiger partial charge in [-0.3, -0.25) is 5.10 Å². The first-order chi connectivity index (χ1) is 12.8. The molecular weight excluding hydrogens is 332 g/mol. The van der Waals surface area contributed by atoms with Crippen LogP contribution in [-0.2, 0) is 17.6 Å². The highest BCUT2D eigenvalue weighted by atomic mass is 16.5. The third-order valence-corrected chi connectivity index (χ3v) is 5.10. The molecule has 134 valence electrons. The molecule has 0 saturated carbocycles. The predicted molar refractivity (Wildman–Crippen MR) is 97.1 cm³/mol. The Bertz CT molecular complexity index is 928. The fourth-order valence-electron chi connectivity index (χ4n) is 3.72. The van der Waals surface area contributed by atoms with Gasteiger partial charge in [0.25, 0.3) is 0 Å². The van der Waals surface area contributed by atoms with Crippen LogP contribution < -0.4 is 5.32 Å². The fourth-order valence-corrected chi connectivity index (χ4v) is 3.72. The van der Waals surface area contributed by atoms with Gasteiger partial charge in [-0.15, -0.1) is 0 Å². The van der Waals surface area contributed by atoms with Crippen LogP contribution in [0.2, 0.25) is 0 Å². The average Bonchev–Trinajstić information content (AvgIpc) is 3.38. The number of benzene rings is 1. The van der Waals surface area contributed by atoms with Gasteiger partial charge < -0.3 is 19.9 Å². The average molecular weight is 352 g/mol. The van der Waals surface area contributed by atoms with E-state index in [1.807, 2.05) is 0 Å². The summed E-state index contributed by atoms with van der Waals surface area (Å²) in [6.07, 6.45) is 5.15. The van der Waals surface area contributed by atoms with Crippen LogP contribution in [0.5, 0.6) is 0 Å². The molecule has 0 spiro atoms. The molecule has 2 aromatic heterocycles. The molecule has 5 rings (SSSR count). The molecule has 2 aliphatic rings. The molecule has 0 bridgehead atoms. The zero-order valence-electron chi connectivity index (χ0n) is 14.3. The van der Waals surface area contributed by atoms with E-state index in [0.29, 0.717) is 43.5 Å². The summed E-state index contributed by atoms with van der Waals surface area (Å²) in [4.78, 5) is 22.2. The van der Waals surface area contributed by atoms with Gasteiger partial charge in [-0.2, -0.15) is 5.10 Å². The molecule has 1 aliphatic heterocycles. The first-order valence-corrected chi connectivity index (χ1v) is 8.97. The van der Waals surface area contributed by atoms with Crippen LogP contribution in [0.1, 0.15) is 17.5 Å². The van der Waals surface area contributed by atoms with Crippen molar-refractivity contribution in [2.75, 3.05) is 31.6 Å². The molecule has 3 aromatic rings. The number of nitrogens with one attached hydrogen (secondary N) is 3. The normalized spacial score (nSPS) is 16.8. The number of anilines is 1. The highest BCUT2D eigenvalue weighted by Crippen LogP contribution is 2.30. The third-order valence-electron chi connectivity index (χ3n) is 5.10. The number of aromatic amines is 2. The van der Waals surface area contributed by atoms with E-state index < -0.39 is 0 Å². The van der Waals surface area contributed by atoms with Crippen molar-refractivity contribution in [3.05, 3.63) is 29.5 Å². The molecule has 8 nitrogen and oxygen atoms in total. The number of aromatic nitrogens is 4. The second-order valence-corrected chi connectivity index (χ2v) is 6.75. The summed E-state index contributed by atoms with van der Waals surface area (Å²) in [7, 11) is 0. The molecule has 2 amide bonds. The number of nitrogens with zero attached hydrogens (tertiary/aromatic N) is 3. The van der Waals surface area contributed by atoms with Crippen LogP contribution in [0, 0.1) is 0 Å². The van der Waals surface area contributed by atoms with Crippen molar-refractivity contribution < 1.29 is 9.53 Å². The number of rotatable bonds is 2. The maximum Gasteiger partial charge on any atom is 0.322 e. The largest absolute Gasteiger partial charge is 0.378 e. The van der Waals surface area contributed by atoms with E-state index in [-0.39, 0.29) is 6.03 Å². The maximum absolute atomic E-state index is 12.4. The van der Waals surface area contributed by atoms with Crippen LogP contribution in [0.15, 0.2) is 18.3 Å². The number of aryl methyl sites for hydroxylation is 2. The summed E-state index contributed by atoms with van der Waals surface area (Å²) in [5.74, 6) is 0.655. The summed E-state index contributed by atoms with van der Waals surface area (Å²) >= 11 is 0. The van der Waals surface area contributed by atoms with Crippen molar-refractivity contribution in [3.63, 3.8) is 0 Å². The number of fused-ring (bicyclic) bond motifs is 2.